The fourth-order valence-electron chi connectivity index (χ4n) is 1.93. The van der Waals surface area contributed by atoms with Gasteiger partial charge in [-0.15, -0.1) is 10.2 Å². The summed E-state index contributed by atoms with van der Waals surface area (Å²) in [7, 11) is 0. The van der Waals surface area contributed by atoms with Crippen LogP contribution in [0.1, 0.15) is 0 Å². The van der Waals surface area contributed by atoms with Crippen molar-refractivity contribution in [1.29, 1.82) is 0 Å². The third kappa shape index (κ3) is 3.10. The van der Waals surface area contributed by atoms with Crippen LogP contribution >= 0.6 is 23.2 Å². The van der Waals surface area contributed by atoms with Gasteiger partial charge in [-0.3, -0.25) is 29.8 Å². The molecule has 4 rings (SSSR count). The van der Waals surface area contributed by atoms with Gasteiger partial charge >= 0.3 is 0 Å². The highest BCUT2D eigenvalue weighted by Crippen LogP contribution is 2.22. The second-order valence-electron chi connectivity index (χ2n) is 4.49. The van der Waals surface area contributed by atoms with Crippen molar-refractivity contribution in [3.8, 4) is 0 Å². The zero-order valence-electron chi connectivity index (χ0n) is 11.8. The summed E-state index contributed by atoms with van der Waals surface area (Å²) in [5.74, 6) is 0. The number of hydrogen-bond donors (Lipinski definition) is 2. The van der Waals surface area contributed by atoms with Gasteiger partial charge < -0.3 is 0 Å². The van der Waals surface area contributed by atoms with Gasteiger partial charge in [-0.2, -0.15) is 0 Å². The number of aromatic nitrogens is 6. The summed E-state index contributed by atoms with van der Waals surface area (Å²) >= 11 is 11.5. The number of nitrogens with zero attached hydrogens (tertiary/aromatic N) is 4. The lowest BCUT2D eigenvalue weighted by Crippen LogP contribution is -2.19. The Morgan fingerprint density at radius 1 is 0.750 bits per heavy atom. The van der Waals surface area contributed by atoms with E-state index in [9.17, 15) is 9.59 Å². The molecule has 10 heteroatoms. The van der Waals surface area contributed by atoms with Gasteiger partial charge in [-0.25, -0.2) is 0 Å². The predicted molar refractivity (Wildman–Crippen MR) is 90.3 cm³/mol. The van der Waals surface area contributed by atoms with E-state index >= 15 is 0 Å². The van der Waals surface area contributed by atoms with Gasteiger partial charge in [0.25, 0.3) is 11.1 Å². The summed E-state index contributed by atoms with van der Waals surface area (Å²) in [6.07, 6.45) is 3.10. The molecule has 0 aliphatic carbocycles. The van der Waals surface area contributed by atoms with Gasteiger partial charge in [0.05, 0.1) is 5.39 Å². The van der Waals surface area contributed by atoms with E-state index in [0.29, 0.717) is 16.1 Å². The Hall–Kier alpha value is -2.84. The van der Waals surface area contributed by atoms with Crippen LogP contribution in [0.5, 0.6) is 0 Å². The van der Waals surface area contributed by atoms with Crippen molar-refractivity contribution >= 4 is 45.0 Å². The summed E-state index contributed by atoms with van der Waals surface area (Å²) in [6, 6.07) is 6.73. The number of H-pyrrole nitrogens is 2. The van der Waals surface area contributed by atoms with Gasteiger partial charge in [0.1, 0.15) is 11.0 Å². The molecule has 0 amide bonds. The van der Waals surface area contributed by atoms with Crippen LogP contribution in [0.4, 0.5) is 0 Å². The number of rotatable bonds is 0. The van der Waals surface area contributed by atoms with E-state index in [1.54, 1.807) is 30.5 Å². The fraction of sp³-hybridized carbons (Fsp3) is 0. The van der Waals surface area contributed by atoms with E-state index < -0.39 is 0 Å². The third-order valence-electron chi connectivity index (χ3n) is 3.01. The predicted octanol–water partition coefficient (Wildman–Crippen LogP) is 1.94. The molecular formula is C14H8Cl2N6O2. The molecule has 0 saturated carbocycles. The quantitative estimate of drug-likeness (QED) is 0.493. The van der Waals surface area contributed by atoms with Crippen molar-refractivity contribution in [2.75, 3.05) is 0 Å². The van der Waals surface area contributed by atoms with E-state index in [2.05, 4.69) is 30.4 Å². The highest BCUT2D eigenvalue weighted by atomic mass is 35.5. The van der Waals surface area contributed by atoms with Crippen LogP contribution in [0, 0.1) is 0 Å². The Labute approximate surface area is 143 Å². The Balaban J connectivity index is 0.000000141. The molecule has 0 atom stereocenters. The van der Waals surface area contributed by atoms with E-state index in [-0.39, 0.29) is 21.8 Å². The van der Waals surface area contributed by atoms with E-state index in [1.165, 1.54) is 6.20 Å². The maximum absolute atomic E-state index is 11.1. The Kier molecular flexibility index (Phi) is 4.50. The molecule has 0 aliphatic heterocycles. The summed E-state index contributed by atoms with van der Waals surface area (Å²) < 4.78 is 0. The van der Waals surface area contributed by atoms with Crippen LogP contribution in [0.25, 0.3) is 21.8 Å². The number of pyridine rings is 2. The van der Waals surface area contributed by atoms with Gasteiger partial charge in [-0.1, -0.05) is 23.2 Å². The van der Waals surface area contributed by atoms with Gasteiger partial charge in [0, 0.05) is 17.8 Å². The van der Waals surface area contributed by atoms with Crippen molar-refractivity contribution < 1.29 is 0 Å². The minimum absolute atomic E-state index is 0.168. The first kappa shape index (κ1) is 16.0. The maximum atomic E-state index is 11.1. The molecule has 120 valence electrons. The molecule has 0 radical (unpaired) electrons. The fourth-order valence-corrected chi connectivity index (χ4v) is 2.31. The summed E-state index contributed by atoms with van der Waals surface area (Å²) in [6.45, 7) is 0. The smallest absolute Gasteiger partial charge is 0.267 e. The minimum atomic E-state index is -0.384. The Morgan fingerprint density at radius 3 is 2.00 bits per heavy atom. The summed E-state index contributed by atoms with van der Waals surface area (Å²) in [4.78, 5) is 29.9. The lowest BCUT2D eigenvalue weighted by atomic mass is 10.3. The van der Waals surface area contributed by atoms with E-state index in [0.717, 1.165) is 5.39 Å². The van der Waals surface area contributed by atoms with Crippen molar-refractivity contribution in [2.24, 2.45) is 0 Å². The Morgan fingerprint density at radius 2 is 1.33 bits per heavy atom. The molecule has 4 aromatic rings. The molecule has 24 heavy (non-hydrogen) atoms. The van der Waals surface area contributed by atoms with E-state index in [1.807, 2.05) is 0 Å². The topological polar surface area (TPSA) is 117 Å². The normalized spacial score (nSPS) is 10.4. The standard InChI is InChI=1S/C7H3Cl2N3.C7H5N3O2/c8-6-4-2-1-3-10-5(4)7(9)12-11-6;11-6-4-2-1-3-8-5(4)7(12)10-9-6/h1-3H;1-3H,(H,9,11)(H,10,12). The van der Waals surface area contributed by atoms with Crippen molar-refractivity contribution in [2.45, 2.75) is 0 Å². The molecule has 0 aliphatic rings. The first-order chi connectivity index (χ1) is 11.6. The van der Waals surface area contributed by atoms with Gasteiger partial charge in [0.15, 0.2) is 10.3 Å². The van der Waals surface area contributed by atoms with Crippen LogP contribution in [0.15, 0.2) is 46.2 Å². The van der Waals surface area contributed by atoms with Crippen LogP contribution in [-0.2, 0) is 0 Å². The first-order valence-electron chi connectivity index (χ1n) is 6.56. The highest BCUT2D eigenvalue weighted by molar-refractivity contribution is 6.37. The molecule has 0 spiro atoms. The van der Waals surface area contributed by atoms with Crippen LogP contribution in [-0.4, -0.2) is 30.4 Å². The molecule has 0 fully saturated rings. The second kappa shape index (κ2) is 6.73. The molecule has 4 heterocycles. The SMILES string of the molecule is Clc1nnc(Cl)c2ncccc12.O=c1[nH][nH]c(=O)c2ncccc12. The highest BCUT2D eigenvalue weighted by Gasteiger charge is 2.05. The summed E-state index contributed by atoms with van der Waals surface area (Å²) in [5, 5.41) is 13.3. The lowest BCUT2D eigenvalue weighted by molar-refractivity contribution is 0.969. The van der Waals surface area contributed by atoms with Crippen LogP contribution < -0.4 is 11.1 Å². The third-order valence-corrected chi connectivity index (χ3v) is 3.54. The molecule has 0 unspecified atom stereocenters. The van der Waals surface area contributed by atoms with Gasteiger partial charge in [-0.05, 0) is 24.3 Å². The monoisotopic (exact) mass is 362 g/mol. The maximum Gasteiger partial charge on any atom is 0.289 e. The lowest BCUT2D eigenvalue weighted by Gasteiger charge is -1.97. The zero-order chi connectivity index (χ0) is 17.1. The first-order valence-corrected chi connectivity index (χ1v) is 7.31. The average Bonchev–Trinajstić information content (AvgIpc) is 2.63. The second-order valence-corrected chi connectivity index (χ2v) is 5.21. The number of halogens is 2. The largest absolute Gasteiger partial charge is 0.289 e. The number of fused-ring (bicyclic) bond motifs is 2. The number of aromatic amines is 2. The Bertz CT molecular complexity index is 1050. The molecule has 8 nitrogen and oxygen atoms in total. The summed E-state index contributed by atoms with van der Waals surface area (Å²) in [5.41, 5.74) is 0.0308. The number of nitrogens with one attached hydrogen (secondary N) is 2. The van der Waals surface area contributed by atoms with E-state index in [4.69, 9.17) is 23.2 Å². The zero-order valence-corrected chi connectivity index (χ0v) is 13.3. The molecule has 0 bridgehead atoms. The van der Waals surface area contributed by atoms with Gasteiger partial charge in [0.2, 0.25) is 0 Å². The molecule has 0 aromatic carbocycles. The molecule has 0 saturated heterocycles. The van der Waals surface area contributed by atoms with Crippen molar-refractivity contribution in [3.63, 3.8) is 0 Å². The molecular weight excluding hydrogens is 355 g/mol. The molecule has 4 aromatic heterocycles. The van der Waals surface area contributed by atoms with Crippen molar-refractivity contribution in [1.82, 2.24) is 30.4 Å². The minimum Gasteiger partial charge on any atom is -0.267 e. The average molecular weight is 363 g/mol. The van der Waals surface area contributed by atoms with Crippen LogP contribution in [0.3, 0.4) is 0 Å². The van der Waals surface area contributed by atoms with Crippen LogP contribution in [0.2, 0.25) is 10.3 Å². The van der Waals surface area contributed by atoms with Crippen molar-refractivity contribution in [3.05, 3.63) is 67.7 Å². The molecule has 2 N–H and O–H groups in total. The number of hydrogen-bond acceptors (Lipinski definition) is 6.